The number of aryl methyl sites for hydroxylation is 2. The quantitative estimate of drug-likeness (QED) is 0.554. The molecule has 0 aliphatic carbocycles. The fourth-order valence-corrected chi connectivity index (χ4v) is 2.75. The zero-order valence-corrected chi connectivity index (χ0v) is 15.2. The second kappa shape index (κ2) is 7.78. The number of nitrogens with zero attached hydrogens (tertiary/aromatic N) is 2. The number of amidine groups is 1. The fraction of sp³-hybridized carbons (Fsp3) is 0.143. The zero-order chi connectivity index (χ0) is 19.4. The van der Waals surface area contributed by atoms with Crippen LogP contribution in [0.15, 0.2) is 65.8 Å². The Labute approximate surface area is 157 Å². The Bertz CT molecular complexity index is 1070. The smallest absolute Gasteiger partial charge is 0.258 e. The summed E-state index contributed by atoms with van der Waals surface area (Å²) < 4.78 is 1.46. The van der Waals surface area contributed by atoms with E-state index >= 15 is 0 Å². The predicted octanol–water partition coefficient (Wildman–Crippen LogP) is 2.66. The highest BCUT2D eigenvalue weighted by atomic mass is 16.2. The van der Waals surface area contributed by atoms with E-state index in [1.165, 1.54) is 22.9 Å². The number of hydrogen-bond donors (Lipinski definition) is 2. The Hall–Kier alpha value is -3.54. The zero-order valence-electron chi connectivity index (χ0n) is 15.2. The molecule has 0 atom stereocenters. The monoisotopic (exact) mass is 360 g/mol. The molecule has 136 valence electrons. The predicted molar refractivity (Wildman–Crippen MR) is 104 cm³/mol. The number of pyridine rings is 2. The summed E-state index contributed by atoms with van der Waals surface area (Å²) in [7, 11) is 0. The lowest BCUT2D eigenvalue weighted by atomic mass is 10.1. The molecule has 3 rings (SSSR count). The highest BCUT2D eigenvalue weighted by molar-refractivity contribution is 6.11. The number of carbonyl (C=O) groups is 1. The van der Waals surface area contributed by atoms with Gasteiger partial charge < -0.3 is 9.88 Å². The molecule has 27 heavy (non-hydrogen) atoms. The Kier molecular flexibility index (Phi) is 5.26. The topological polar surface area (TPSA) is 87.8 Å². The number of hydrogen-bond acceptors (Lipinski definition) is 4. The molecule has 1 amide bonds. The van der Waals surface area contributed by atoms with E-state index in [1.807, 2.05) is 38.1 Å². The van der Waals surface area contributed by atoms with Crippen LogP contribution in [0.2, 0.25) is 0 Å². The van der Waals surface area contributed by atoms with Gasteiger partial charge in [0.15, 0.2) is 0 Å². The van der Waals surface area contributed by atoms with Crippen molar-refractivity contribution in [2.24, 2.45) is 0 Å². The third-order valence-corrected chi connectivity index (χ3v) is 4.08. The number of carbonyl (C=O) groups excluding carboxylic acids is 1. The number of nitrogens with one attached hydrogen (secondary N) is 2. The first-order chi connectivity index (χ1) is 12.9. The Morgan fingerprint density at radius 3 is 2.63 bits per heavy atom. The molecule has 2 N–H and O–H groups in total. The maximum atomic E-state index is 12.5. The number of amides is 1. The number of rotatable bonds is 4. The van der Waals surface area contributed by atoms with Gasteiger partial charge in [0.2, 0.25) is 0 Å². The van der Waals surface area contributed by atoms with Crippen molar-refractivity contribution < 1.29 is 4.79 Å². The van der Waals surface area contributed by atoms with Crippen molar-refractivity contribution in [3.8, 4) is 0 Å². The van der Waals surface area contributed by atoms with Crippen molar-refractivity contribution in [1.82, 2.24) is 14.9 Å². The van der Waals surface area contributed by atoms with E-state index in [2.05, 4.69) is 10.3 Å². The van der Waals surface area contributed by atoms with Crippen LogP contribution in [0, 0.1) is 19.3 Å². The molecule has 0 aliphatic rings. The van der Waals surface area contributed by atoms with E-state index in [4.69, 9.17) is 5.41 Å². The van der Waals surface area contributed by atoms with Crippen molar-refractivity contribution in [3.05, 3.63) is 99.2 Å². The van der Waals surface area contributed by atoms with Crippen molar-refractivity contribution in [3.63, 3.8) is 0 Å². The summed E-state index contributed by atoms with van der Waals surface area (Å²) in [6, 6.07) is 12.1. The molecule has 0 fully saturated rings. The van der Waals surface area contributed by atoms with Crippen molar-refractivity contribution in [2.75, 3.05) is 0 Å². The van der Waals surface area contributed by atoms with Gasteiger partial charge in [-0.05, 0) is 37.1 Å². The Morgan fingerprint density at radius 1 is 1.07 bits per heavy atom. The van der Waals surface area contributed by atoms with Crippen LogP contribution in [0.4, 0.5) is 0 Å². The Morgan fingerprint density at radius 2 is 1.89 bits per heavy atom. The van der Waals surface area contributed by atoms with Gasteiger partial charge >= 0.3 is 0 Å². The number of aromatic nitrogens is 2. The molecule has 6 heteroatoms. The van der Waals surface area contributed by atoms with Crippen LogP contribution in [0.25, 0.3) is 0 Å². The summed E-state index contributed by atoms with van der Waals surface area (Å²) in [6.07, 6.45) is 4.94. The lowest BCUT2D eigenvalue weighted by molar-refractivity contribution is 0.0976. The minimum Gasteiger partial charge on any atom is -0.310 e. The molecule has 2 heterocycles. The lowest BCUT2D eigenvalue weighted by Crippen LogP contribution is -2.32. The normalized spacial score (nSPS) is 10.4. The maximum absolute atomic E-state index is 12.5. The summed E-state index contributed by atoms with van der Waals surface area (Å²) >= 11 is 0. The van der Waals surface area contributed by atoms with Crippen LogP contribution in [-0.4, -0.2) is 21.3 Å². The first-order valence-corrected chi connectivity index (χ1v) is 8.50. The molecule has 0 aliphatic heterocycles. The molecule has 0 radical (unpaired) electrons. The van der Waals surface area contributed by atoms with Crippen LogP contribution in [-0.2, 0) is 6.54 Å². The molecule has 6 nitrogen and oxygen atoms in total. The van der Waals surface area contributed by atoms with E-state index in [-0.39, 0.29) is 11.4 Å². The van der Waals surface area contributed by atoms with Gasteiger partial charge in [0.25, 0.3) is 11.5 Å². The highest BCUT2D eigenvalue weighted by Gasteiger charge is 2.11. The molecule has 0 unspecified atom stereocenters. The van der Waals surface area contributed by atoms with Gasteiger partial charge in [-0.3, -0.25) is 20.0 Å². The van der Waals surface area contributed by atoms with Gasteiger partial charge in [-0.15, -0.1) is 0 Å². The summed E-state index contributed by atoms with van der Waals surface area (Å²) in [5, 5.41) is 10.7. The summed E-state index contributed by atoms with van der Waals surface area (Å²) in [4.78, 5) is 28.8. The third kappa shape index (κ3) is 4.55. The standard InChI is InChI=1S/C21H20N4O2/c1-14-4-3-5-17(9-14)20(22)24-21(27)18-6-7-19(26)25(13-18)12-16-8-15(2)10-23-11-16/h3-11,13H,12H2,1-2H3,(H2,22,24,27). The SMILES string of the molecule is Cc1cncc(Cn2cc(C(=O)NC(=N)c3cccc(C)c3)ccc2=O)c1. The largest absolute Gasteiger partial charge is 0.310 e. The van der Waals surface area contributed by atoms with Gasteiger partial charge in [0.05, 0.1) is 12.1 Å². The molecule has 3 aromatic rings. The third-order valence-electron chi connectivity index (χ3n) is 4.08. The van der Waals surface area contributed by atoms with Gasteiger partial charge in [-0.2, -0.15) is 0 Å². The molecule has 2 aromatic heterocycles. The Balaban J connectivity index is 1.79. The minimum atomic E-state index is -0.433. The van der Waals surface area contributed by atoms with Gasteiger partial charge in [-0.1, -0.05) is 29.8 Å². The van der Waals surface area contributed by atoms with Crippen LogP contribution < -0.4 is 10.9 Å². The van der Waals surface area contributed by atoms with Gasteiger partial charge in [0, 0.05) is 30.2 Å². The van der Waals surface area contributed by atoms with E-state index < -0.39 is 5.91 Å². The van der Waals surface area contributed by atoms with Crippen molar-refractivity contribution in [1.29, 1.82) is 5.41 Å². The molecule has 1 aromatic carbocycles. The molecule has 0 saturated carbocycles. The lowest BCUT2D eigenvalue weighted by Gasteiger charge is -2.10. The summed E-state index contributed by atoms with van der Waals surface area (Å²) in [6.45, 7) is 4.18. The van der Waals surface area contributed by atoms with Crippen LogP contribution in [0.1, 0.15) is 32.6 Å². The van der Waals surface area contributed by atoms with E-state index in [0.717, 1.165) is 16.7 Å². The van der Waals surface area contributed by atoms with Gasteiger partial charge in [-0.25, -0.2) is 0 Å². The average Bonchev–Trinajstić information content (AvgIpc) is 2.63. The summed E-state index contributed by atoms with van der Waals surface area (Å²) in [5.74, 6) is -0.415. The fourth-order valence-electron chi connectivity index (χ4n) is 2.75. The molecular weight excluding hydrogens is 340 g/mol. The van der Waals surface area contributed by atoms with E-state index in [0.29, 0.717) is 17.7 Å². The van der Waals surface area contributed by atoms with Gasteiger partial charge in [0.1, 0.15) is 5.84 Å². The van der Waals surface area contributed by atoms with Crippen LogP contribution >= 0.6 is 0 Å². The number of benzene rings is 1. The summed E-state index contributed by atoms with van der Waals surface area (Å²) in [5.41, 5.74) is 3.62. The van der Waals surface area contributed by atoms with Crippen molar-refractivity contribution >= 4 is 11.7 Å². The second-order valence-electron chi connectivity index (χ2n) is 6.45. The first-order valence-electron chi connectivity index (χ1n) is 8.50. The van der Waals surface area contributed by atoms with E-state index in [1.54, 1.807) is 18.5 Å². The maximum Gasteiger partial charge on any atom is 0.258 e. The second-order valence-corrected chi connectivity index (χ2v) is 6.45. The molecule has 0 spiro atoms. The van der Waals surface area contributed by atoms with Crippen LogP contribution in [0.3, 0.4) is 0 Å². The van der Waals surface area contributed by atoms with Crippen LogP contribution in [0.5, 0.6) is 0 Å². The molecule has 0 saturated heterocycles. The molecule has 0 bridgehead atoms. The van der Waals surface area contributed by atoms with E-state index in [9.17, 15) is 9.59 Å². The average molecular weight is 360 g/mol. The minimum absolute atomic E-state index is 0.0179. The van der Waals surface area contributed by atoms with Crippen molar-refractivity contribution in [2.45, 2.75) is 20.4 Å². The highest BCUT2D eigenvalue weighted by Crippen LogP contribution is 2.06. The first kappa shape index (κ1) is 18.3. The molecular formula is C21H20N4O2.